The average molecular weight is 233 g/mol. The Bertz CT molecular complexity index is 312. The summed E-state index contributed by atoms with van der Waals surface area (Å²) < 4.78 is 0. The van der Waals surface area contributed by atoms with E-state index in [-0.39, 0.29) is 5.66 Å². The van der Waals surface area contributed by atoms with Crippen molar-refractivity contribution in [1.82, 2.24) is 0 Å². The minimum Gasteiger partial charge on any atom is -0.198 e. The van der Waals surface area contributed by atoms with E-state index >= 15 is 0 Å². The van der Waals surface area contributed by atoms with E-state index in [0.717, 1.165) is 12.3 Å². The summed E-state index contributed by atoms with van der Waals surface area (Å²) in [7, 11) is -0.402. The first-order valence-corrected chi connectivity index (χ1v) is 7.06. The molecule has 0 bridgehead atoms. The van der Waals surface area contributed by atoms with Gasteiger partial charge in [0.05, 0.1) is 18.2 Å². The summed E-state index contributed by atoms with van der Waals surface area (Å²) in [6.45, 7) is 1.94. The zero-order valence-electron chi connectivity index (χ0n) is 9.56. The van der Waals surface area contributed by atoms with Gasteiger partial charge in [0.25, 0.3) is 0 Å². The Morgan fingerprint density at radius 2 is 1.62 bits per heavy atom. The molecule has 0 rings (SSSR count). The van der Waals surface area contributed by atoms with Gasteiger partial charge in [-0.05, 0) is 19.2 Å². The highest BCUT2D eigenvalue weighted by molar-refractivity contribution is 7.58. The molecule has 16 heavy (non-hydrogen) atoms. The van der Waals surface area contributed by atoms with Crippen molar-refractivity contribution in [3.8, 4) is 18.2 Å². The molecule has 0 aliphatic carbocycles. The van der Waals surface area contributed by atoms with Crippen molar-refractivity contribution in [2.75, 3.05) is 12.3 Å². The molecule has 4 heteroatoms. The van der Waals surface area contributed by atoms with Crippen LogP contribution >= 0.6 is 7.92 Å². The minimum atomic E-state index is -0.402. The molecule has 0 aromatic heterocycles. The maximum absolute atomic E-state index is 8.76. The Morgan fingerprint density at radius 3 is 2.00 bits per heavy atom. The zero-order chi connectivity index (χ0) is 12.2. The Labute approximate surface area is 98.7 Å². The zero-order valence-corrected chi connectivity index (χ0v) is 10.5. The van der Waals surface area contributed by atoms with Gasteiger partial charge in [-0.25, -0.2) is 0 Å². The summed E-state index contributed by atoms with van der Waals surface area (Å²) in [5.74, 6) is 0. The maximum atomic E-state index is 8.76. The SMILES string of the molecule is C/C=C/C(CC#N)P(CCC#N)CCC#N. The second kappa shape index (κ2) is 10.2. The second-order valence-corrected chi connectivity index (χ2v) is 6.04. The van der Waals surface area contributed by atoms with E-state index in [1.54, 1.807) is 0 Å². The molecule has 0 heterocycles. The molecule has 0 aromatic rings. The molecule has 0 fully saturated rings. The van der Waals surface area contributed by atoms with Crippen molar-refractivity contribution < 1.29 is 0 Å². The number of hydrogen-bond donors (Lipinski definition) is 0. The van der Waals surface area contributed by atoms with Crippen molar-refractivity contribution >= 4 is 7.92 Å². The average Bonchev–Trinajstić information content (AvgIpc) is 2.29. The fraction of sp³-hybridized carbons (Fsp3) is 0.583. The molecule has 0 radical (unpaired) electrons. The summed E-state index contributed by atoms with van der Waals surface area (Å²) in [5.41, 5.74) is 0.242. The first-order chi connectivity index (χ1) is 7.79. The lowest BCUT2D eigenvalue weighted by Crippen LogP contribution is -2.06. The number of rotatable bonds is 7. The quantitative estimate of drug-likeness (QED) is 0.501. The molecule has 0 N–H and O–H groups in total. The van der Waals surface area contributed by atoms with Crippen LogP contribution < -0.4 is 0 Å². The van der Waals surface area contributed by atoms with Crippen molar-refractivity contribution in [3.05, 3.63) is 12.2 Å². The summed E-state index contributed by atoms with van der Waals surface area (Å²) in [5, 5.41) is 25.9. The van der Waals surface area contributed by atoms with Crippen molar-refractivity contribution in [1.29, 1.82) is 15.8 Å². The van der Waals surface area contributed by atoms with Crippen LogP contribution in [0.25, 0.3) is 0 Å². The standard InChI is InChI=1S/C12H16N3P/c1-2-5-12(6-9-15)16(10-3-7-13)11-4-8-14/h2,5,12H,3-4,6,10-11H2,1H3/b5-2+. The Hall–Kier alpha value is -1.36. The van der Waals surface area contributed by atoms with Crippen LogP contribution in [0.5, 0.6) is 0 Å². The fourth-order valence-corrected chi connectivity index (χ4v) is 3.88. The van der Waals surface area contributed by atoms with Crippen LogP contribution in [-0.2, 0) is 0 Å². The van der Waals surface area contributed by atoms with Crippen molar-refractivity contribution in [2.45, 2.75) is 31.8 Å². The van der Waals surface area contributed by atoms with Crippen LogP contribution in [0.2, 0.25) is 0 Å². The predicted molar refractivity (Wildman–Crippen MR) is 65.9 cm³/mol. The molecular weight excluding hydrogens is 217 g/mol. The van der Waals surface area contributed by atoms with E-state index in [1.807, 2.05) is 19.1 Å². The van der Waals surface area contributed by atoms with Crippen LogP contribution in [0.3, 0.4) is 0 Å². The van der Waals surface area contributed by atoms with E-state index in [1.165, 1.54) is 0 Å². The lowest BCUT2D eigenvalue weighted by atomic mass is 10.3. The Balaban J connectivity index is 4.48. The van der Waals surface area contributed by atoms with Gasteiger partial charge in [-0.15, -0.1) is 0 Å². The van der Waals surface area contributed by atoms with Crippen molar-refractivity contribution in [2.24, 2.45) is 0 Å². The van der Waals surface area contributed by atoms with Crippen LogP contribution in [-0.4, -0.2) is 18.0 Å². The molecule has 0 aliphatic rings. The van der Waals surface area contributed by atoms with Gasteiger partial charge in [0.2, 0.25) is 0 Å². The van der Waals surface area contributed by atoms with Gasteiger partial charge in [0.1, 0.15) is 0 Å². The molecule has 84 valence electrons. The number of hydrogen-bond acceptors (Lipinski definition) is 3. The monoisotopic (exact) mass is 233 g/mol. The number of allylic oxidation sites excluding steroid dienone is 2. The molecule has 1 unspecified atom stereocenters. The van der Waals surface area contributed by atoms with E-state index in [0.29, 0.717) is 19.3 Å². The summed E-state index contributed by atoms with van der Waals surface area (Å²) >= 11 is 0. The van der Waals surface area contributed by atoms with E-state index < -0.39 is 7.92 Å². The third-order valence-electron chi connectivity index (χ3n) is 2.21. The van der Waals surface area contributed by atoms with Gasteiger partial charge in [-0.1, -0.05) is 20.1 Å². The van der Waals surface area contributed by atoms with Crippen molar-refractivity contribution in [3.63, 3.8) is 0 Å². The van der Waals surface area contributed by atoms with E-state index in [9.17, 15) is 0 Å². The fourth-order valence-electron chi connectivity index (χ4n) is 1.47. The molecular formula is C12H16N3P. The third-order valence-corrected chi connectivity index (χ3v) is 5.09. The van der Waals surface area contributed by atoms with Crippen LogP contribution in [0.1, 0.15) is 26.2 Å². The van der Waals surface area contributed by atoms with Crippen LogP contribution in [0.4, 0.5) is 0 Å². The molecule has 0 aliphatic heterocycles. The molecule has 0 amide bonds. The van der Waals surface area contributed by atoms with Gasteiger partial charge >= 0.3 is 0 Å². The normalized spacial score (nSPS) is 11.9. The van der Waals surface area contributed by atoms with Gasteiger partial charge in [-0.2, -0.15) is 15.8 Å². The van der Waals surface area contributed by atoms with Gasteiger partial charge in [-0.3, -0.25) is 0 Å². The summed E-state index contributed by atoms with van der Waals surface area (Å²) in [6, 6.07) is 6.47. The Morgan fingerprint density at radius 1 is 1.06 bits per heavy atom. The summed E-state index contributed by atoms with van der Waals surface area (Å²) in [6.07, 6.45) is 7.22. The lowest BCUT2D eigenvalue weighted by molar-refractivity contribution is 1.03. The molecule has 0 saturated carbocycles. The van der Waals surface area contributed by atoms with Crippen LogP contribution in [0, 0.1) is 34.0 Å². The van der Waals surface area contributed by atoms with E-state index in [2.05, 4.69) is 18.2 Å². The molecule has 0 spiro atoms. The van der Waals surface area contributed by atoms with E-state index in [4.69, 9.17) is 15.8 Å². The maximum Gasteiger partial charge on any atom is 0.0631 e. The third kappa shape index (κ3) is 6.19. The largest absolute Gasteiger partial charge is 0.198 e. The first kappa shape index (κ1) is 14.6. The molecule has 1 atom stereocenters. The Kier molecular flexibility index (Phi) is 9.30. The highest BCUT2D eigenvalue weighted by Crippen LogP contribution is 2.44. The molecule has 0 aromatic carbocycles. The predicted octanol–water partition coefficient (Wildman–Crippen LogP) is 3.15. The molecule has 3 nitrogen and oxygen atoms in total. The highest BCUT2D eigenvalue weighted by Gasteiger charge is 2.17. The summed E-state index contributed by atoms with van der Waals surface area (Å²) in [4.78, 5) is 0. The lowest BCUT2D eigenvalue weighted by Gasteiger charge is -2.21. The van der Waals surface area contributed by atoms with Crippen LogP contribution in [0.15, 0.2) is 12.2 Å². The van der Waals surface area contributed by atoms with Gasteiger partial charge in [0.15, 0.2) is 0 Å². The van der Waals surface area contributed by atoms with Gasteiger partial charge in [0, 0.05) is 24.9 Å². The second-order valence-electron chi connectivity index (χ2n) is 3.31. The number of nitriles is 3. The highest BCUT2D eigenvalue weighted by atomic mass is 31.1. The smallest absolute Gasteiger partial charge is 0.0631 e. The molecule has 0 saturated heterocycles. The topological polar surface area (TPSA) is 71.4 Å². The number of nitrogens with zero attached hydrogens (tertiary/aromatic N) is 3. The first-order valence-electron chi connectivity index (χ1n) is 5.27. The minimum absolute atomic E-state index is 0.242. The van der Waals surface area contributed by atoms with Gasteiger partial charge < -0.3 is 0 Å².